The Hall–Kier alpha value is 0.0600. The molecule has 4 heteroatoms. The van der Waals surface area contributed by atoms with Crippen LogP contribution in [0.2, 0.25) is 0 Å². The highest BCUT2D eigenvalue weighted by molar-refractivity contribution is 14.2. The molecule has 1 unspecified atom stereocenters. The fourth-order valence-electron chi connectivity index (χ4n) is 0.534. The number of hydrogen-bond donors (Lipinski definition) is 0. The summed E-state index contributed by atoms with van der Waals surface area (Å²) >= 11 is 1.26. The van der Waals surface area contributed by atoms with Crippen LogP contribution < -0.4 is 0 Å². The molecule has 1 aromatic carbocycles. The summed E-state index contributed by atoms with van der Waals surface area (Å²) in [4.78, 5) is 0. The molecule has 2 nitrogen and oxygen atoms in total. The third-order valence-corrected chi connectivity index (χ3v) is 0.940. The average Bonchev–Trinajstić information content (AvgIpc) is 1.87. The van der Waals surface area contributed by atoms with Crippen molar-refractivity contribution >= 4 is 29.5 Å². The van der Waals surface area contributed by atoms with E-state index in [1.54, 1.807) is 0 Å². The van der Waals surface area contributed by atoms with Crippen LogP contribution >= 0.6 is 21.2 Å². The van der Waals surface area contributed by atoms with Crippen LogP contribution in [-0.4, -0.2) is 8.76 Å². The number of rotatable bonds is 0. The van der Waals surface area contributed by atoms with Gasteiger partial charge in [-0.05, 0) is 6.92 Å². The Bertz CT molecular complexity index is 209. The van der Waals surface area contributed by atoms with E-state index in [0.717, 1.165) is 0 Å². The monoisotopic (exact) mass is 283 g/mol. The zero-order valence-corrected chi connectivity index (χ0v) is 8.96. The van der Waals surface area contributed by atoms with Gasteiger partial charge in [0.2, 0.25) is 0 Å². The molecule has 0 spiro atoms. The van der Waals surface area contributed by atoms with Crippen LogP contribution in [0.5, 0.6) is 0 Å². The molecule has 62 valence electrons. The smallest absolute Gasteiger partial charge is 0.0163 e. The summed E-state index contributed by atoms with van der Waals surface area (Å²) in [6.07, 6.45) is 0. The summed E-state index contributed by atoms with van der Waals surface area (Å²) in [6, 6.07) is 10.3. The summed E-state index contributed by atoms with van der Waals surface area (Å²) in [5.74, 6) is 0. The van der Waals surface area contributed by atoms with Gasteiger partial charge in [0.25, 0.3) is 0 Å². The number of halogens is 1. The quantitative estimate of drug-likeness (QED) is 0.416. The number of hydrogen-bond acceptors (Lipinski definition) is 2. The van der Waals surface area contributed by atoms with E-state index in [1.807, 2.05) is 18.2 Å². The van der Waals surface area contributed by atoms with Crippen molar-refractivity contribution in [2.75, 3.05) is 0 Å². The van der Waals surface area contributed by atoms with E-state index in [1.165, 1.54) is 26.8 Å². The van der Waals surface area contributed by atoms with E-state index in [-0.39, 0.29) is 0 Å². The molecule has 0 aliphatic heterocycles. The molecule has 0 fully saturated rings. The Morgan fingerprint density at radius 2 is 1.73 bits per heavy atom. The molecular weight excluding hydrogens is 275 g/mol. The molecule has 1 aromatic rings. The molecule has 0 aliphatic carbocycles. The number of aryl methyl sites for hydroxylation is 1. The van der Waals surface area contributed by atoms with Gasteiger partial charge < -0.3 is 4.55 Å². The fraction of sp³-hybridized carbons (Fsp3) is 0.143. The largest absolute Gasteiger partial charge is 0.764 e. The highest BCUT2D eigenvalue weighted by Gasteiger charge is 1.72. The van der Waals surface area contributed by atoms with Crippen molar-refractivity contribution in [3.8, 4) is 0 Å². The lowest BCUT2D eigenvalue weighted by Gasteiger charge is -1.82. The first-order valence-electron chi connectivity index (χ1n) is 2.90. The Morgan fingerprint density at radius 3 is 1.91 bits per heavy atom. The van der Waals surface area contributed by atoms with E-state index in [2.05, 4.69) is 19.1 Å². The standard InChI is InChI=1S/C7H8.HIO2S/c1-7-5-3-2-4-6-7;1-4(2)3/h2-6H,1H3;(H,2,3)/p-1. The highest BCUT2D eigenvalue weighted by Crippen LogP contribution is 1.92. The Kier molecular flexibility index (Phi) is 6.79. The Balaban J connectivity index is 0.000000218. The van der Waals surface area contributed by atoms with Gasteiger partial charge in [-0.1, -0.05) is 35.9 Å². The summed E-state index contributed by atoms with van der Waals surface area (Å²) in [7, 11) is -1.89. The molecule has 11 heavy (non-hydrogen) atoms. The second-order valence-corrected chi connectivity index (χ2v) is 4.39. The maximum absolute atomic E-state index is 8.99. The molecule has 0 heterocycles. The molecule has 0 radical (unpaired) electrons. The maximum atomic E-state index is 8.99. The van der Waals surface area contributed by atoms with Gasteiger partial charge in [0, 0.05) is 29.5 Å². The first kappa shape index (κ1) is 11.1. The molecule has 0 aliphatic rings. The third-order valence-electron chi connectivity index (χ3n) is 0.940. The minimum atomic E-state index is -1.89. The van der Waals surface area contributed by atoms with Gasteiger partial charge in [-0.3, -0.25) is 4.21 Å². The Morgan fingerprint density at radius 1 is 1.36 bits per heavy atom. The van der Waals surface area contributed by atoms with Gasteiger partial charge in [0.05, 0.1) is 0 Å². The van der Waals surface area contributed by atoms with Gasteiger partial charge in [-0.2, -0.15) is 0 Å². The topological polar surface area (TPSA) is 40.1 Å². The van der Waals surface area contributed by atoms with Crippen LogP contribution in [0.3, 0.4) is 0 Å². The molecule has 0 saturated heterocycles. The van der Waals surface area contributed by atoms with Crippen molar-refractivity contribution in [2.45, 2.75) is 6.92 Å². The molecule has 1 rings (SSSR count). The van der Waals surface area contributed by atoms with E-state index in [0.29, 0.717) is 0 Å². The van der Waals surface area contributed by atoms with Crippen LogP contribution in [0, 0.1) is 6.92 Å². The first-order chi connectivity index (χ1) is 5.13. The van der Waals surface area contributed by atoms with Gasteiger partial charge in [0.1, 0.15) is 0 Å². The first-order valence-corrected chi connectivity index (χ1v) is 6.52. The van der Waals surface area contributed by atoms with Crippen molar-refractivity contribution in [3.05, 3.63) is 35.9 Å². The SMILES string of the molecule is Cc1ccccc1.O=S([O-])I. The van der Waals surface area contributed by atoms with E-state index >= 15 is 0 Å². The minimum absolute atomic E-state index is 1.26. The highest BCUT2D eigenvalue weighted by atomic mass is 127. The lowest BCUT2D eigenvalue weighted by Crippen LogP contribution is -1.62. The van der Waals surface area contributed by atoms with Gasteiger partial charge in [-0.15, -0.1) is 0 Å². The molecule has 0 N–H and O–H groups in total. The van der Waals surface area contributed by atoms with Gasteiger partial charge in [-0.25, -0.2) is 0 Å². The fourth-order valence-corrected chi connectivity index (χ4v) is 0.534. The third kappa shape index (κ3) is 10.1. The summed E-state index contributed by atoms with van der Waals surface area (Å²) < 4.78 is 18.0. The molecule has 0 saturated carbocycles. The molecular formula is C7H8IO2S-. The van der Waals surface area contributed by atoms with Crippen molar-refractivity contribution in [3.63, 3.8) is 0 Å². The van der Waals surface area contributed by atoms with E-state index < -0.39 is 8.25 Å². The van der Waals surface area contributed by atoms with Crippen LogP contribution in [-0.2, 0) is 8.25 Å². The molecule has 0 aromatic heterocycles. The summed E-state index contributed by atoms with van der Waals surface area (Å²) in [6.45, 7) is 2.08. The zero-order chi connectivity index (χ0) is 8.69. The van der Waals surface area contributed by atoms with Crippen LogP contribution in [0.1, 0.15) is 5.56 Å². The molecule has 1 atom stereocenters. The molecule has 0 bridgehead atoms. The zero-order valence-electron chi connectivity index (χ0n) is 5.99. The normalized spacial score (nSPS) is 11.2. The molecule has 0 amide bonds. The van der Waals surface area contributed by atoms with Crippen LogP contribution in [0.4, 0.5) is 0 Å². The summed E-state index contributed by atoms with van der Waals surface area (Å²) in [5.41, 5.74) is 1.32. The predicted octanol–water partition coefficient (Wildman–Crippen LogP) is 2.21. The van der Waals surface area contributed by atoms with Crippen LogP contribution in [0.15, 0.2) is 30.3 Å². The van der Waals surface area contributed by atoms with Gasteiger partial charge >= 0.3 is 0 Å². The van der Waals surface area contributed by atoms with Crippen molar-refractivity contribution in [2.24, 2.45) is 0 Å². The summed E-state index contributed by atoms with van der Waals surface area (Å²) in [5, 5.41) is 0. The van der Waals surface area contributed by atoms with E-state index in [9.17, 15) is 0 Å². The Labute approximate surface area is 80.9 Å². The van der Waals surface area contributed by atoms with Gasteiger partial charge in [0.15, 0.2) is 0 Å². The van der Waals surface area contributed by atoms with Crippen molar-refractivity contribution < 1.29 is 8.76 Å². The average molecular weight is 283 g/mol. The second-order valence-electron chi connectivity index (χ2n) is 1.85. The van der Waals surface area contributed by atoms with E-state index in [4.69, 9.17) is 8.76 Å². The van der Waals surface area contributed by atoms with Crippen LogP contribution in [0.25, 0.3) is 0 Å². The lowest BCUT2D eigenvalue weighted by atomic mass is 10.2. The lowest BCUT2D eigenvalue weighted by molar-refractivity contribution is 0.556. The predicted molar refractivity (Wildman–Crippen MR) is 54.1 cm³/mol. The second kappa shape index (κ2) is 6.75. The van der Waals surface area contributed by atoms with Crippen molar-refractivity contribution in [1.82, 2.24) is 0 Å². The minimum Gasteiger partial charge on any atom is -0.764 e. The maximum Gasteiger partial charge on any atom is 0.0163 e. The number of benzene rings is 1. The van der Waals surface area contributed by atoms with Crippen molar-refractivity contribution in [1.29, 1.82) is 0 Å².